The molecule has 3 nitrogen and oxygen atoms in total. The predicted molar refractivity (Wildman–Crippen MR) is 51.8 cm³/mol. The molecule has 0 N–H and O–H groups in total. The van der Waals surface area contributed by atoms with Gasteiger partial charge in [-0.25, -0.2) is 4.39 Å². The molecule has 13 heavy (non-hydrogen) atoms. The Morgan fingerprint density at radius 3 is 3.00 bits per heavy atom. The Morgan fingerprint density at radius 2 is 2.31 bits per heavy atom. The summed E-state index contributed by atoms with van der Waals surface area (Å²) in [6.45, 7) is 0.282. The van der Waals surface area contributed by atoms with Crippen LogP contribution in [-0.2, 0) is 6.42 Å². The van der Waals surface area contributed by atoms with Crippen molar-refractivity contribution in [2.75, 3.05) is 6.54 Å². The van der Waals surface area contributed by atoms with Gasteiger partial charge in [-0.15, -0.1) is 0 Å². The standard InChI is InChI=1S/C8H7BrFN3/c9-7-3-1-2-6(8(7)10)4-5-12-13-11/h1-3H,4-5H2. The van der Waals surface area contributed by atoms with Gasteiger partial charge in [0.1, 0.15) is 5.82 Å². The monoisotopic (exact) mass is 243 g/mol. The number of rotatable bonds is 3. The molecular formula is C8H7BrFN3. The highest BCUT2D eigenvalue weighted by molar-refractivity contribution is 9.10. The van der Waals surface area contributed by atoms with Crippen molar-refractivity contribution in [3.8, 4) is 0 Å². The maximum Gasteiger partial charge on any atom is 0.140 e. The van der Waals surface area contributed by atoms with Gasteiger partial charge in [0.25, 0.3) is 0 Å². The molecule has 0 aromatic heterocycles. The van der Waals surface area contributed by atoms with E-state index in [9.17, 15) is 4.39 Å². The Hall–Kier alpha value is -1.06. The van der Waals surface area contributed by atoms with Crippen molar-refractivity contribution in [1.29, 1.82) is 0 Å². The van der Waals surface area contributed by atoms with Crippen molar-refractivity contribution in [2.45, 2.75) is 6.42 Å². The van der Waals surface area contributed by atoms with Gasteiger partial charge in [0, 0.05) is 11.5 Å². The zero-order valence-corrected chi connectivity index (χ0v) is 8.33. The molecule has 0 aliphatic rings. The van der Waals surface area contributed by atoms with E-state index >= 15 is 0 Å². The zero-order valence-electron chi connectivity index (χ0n) is 6.74. The summed E-state index contributed by atoms with van der Waals surface area (Å²) in [6.07, 6.45) is 0.426. The lowest BCUT2D eigenvalue weighted by Gasteiger charge is -2.01. The Bertz CT molecular complexity index is 347. The Morgan fingerprint density at radius 1 is 1.54 bits per heavy atom. The van der Waals surface area contributed by atoms with Crippen molar-refractivity contribution in [2.24, 2.45) is 5.11 Å². The first-order chi connectivity index (χ1) is 6.25. The number of azide groups is 1. The summed E-state index contributed by atoms with van der Waals surface area (Å²) in [5.74, 6) is -0.282. The van der Waals surface area contributed by atoms with Crippen LogP contribution in [0.15, 0.2) is 27.8 Å². The molecule has 0 saturated carbocycles. The van der Waals surface area contributed by atoms with Crippen molar-refractivity contribution >= 4 is 15.9 Å². The molecule has 1 aromatic carbocycles. The minimum absolute atomic E-state index is 0.282. The number of hydrogen-bond acceptors (Lipinski definition) is 1. The highest BCUT2D eigenvalue weighted by Crippen LogP contribution is 2.18. The predicted octanol–water partition coefficient (Wildman–Crippen LogP) is 3.44. The van der Waals surface area contributed by atoms with Crippen LogP contribution < -0.4 is 0 Å². The van der Waals surface area contributed by atoms with Crippen LogP contribution in [0.5, 0.6) is 0 Å². The average Bonchev–Trinajstić information content (AvgIpc) is 2.13. The molecule has 68 valence electrons. The molecule has 1 rings (SSSR count). The first-order valence-electron chi connectivity index (χ1n) is 3.69. The second-order valence-corrected chi connectivity index (χ2v) is 3.27. The average molecular weight is 244 g/mol. The first-order valence-corrected chi connectivity index (χ1v) is 4.48. The third kappa shape index (κ3) is 2.72. The second kappa shape index (κ2) is 4.84. The number of hydrogen-bond donors (Lipinski definition) is 0. The van der Waals surface area contributed by atoms with Gasteiger partial charge in [-0.3, -0.25) is 0 Å². The highest BCUT2D eigenvalue weighted by Gasteiger charge is 2.03. The van der Waals surface area contributed by atoms with Crippen LogP contribution in [0.2, 0.25) is 0 Å². The summed E-state index contributed by atoms with van der Waals surface area (Å²) in [5.41, 5.74) is 8.58. The molecule has 0 spiro atoms. The van der Waals surface area contributed by atoms with Gasteiger partial charge in [-0.05, 0) is 39.5 Å². The fourth-order valence-corrected chi connectivity index (χ4v) is 1.36. The van der Waals surface area contributed by atoms with Crippen LogP contribution >= 0.6 is 15.9 Å². The topological polar surface area (TPSA) is 48.8 Å². The third-order valence-corrected chi connectivity index (χ3v) is 2.19. The lowest BCUT2D eigenvalue weighted by atomic mass is 10.1. The number of halogens is 2. The van der Waals surface area contributed by atoms with Gasteiger partial charge in [0.05, 0.1) is 4.47 Å². The van der Waals surface area contributed by atoms with E-state index in [1.165, 1.54) is 0 Å². The van der Waals surface area contributed by atoms with Gasteiger partial charge >= 0.3 is 0 Å². The summed E-state index contributed by atoms with van der Waals surface area (Å²) < 4.78 is 13.7. The largest absolute Gasteiger partial charge is 0.205 e. The van der Waals surface area contributed by atoms with Crippen LogP contribution in [0, 0.1) is 5.82 Å². The molecule has 0 saturated heterocycles. The highest BCUT2D eigenvalue weighted by atomic mass is 79.9. The summed E-state index contributed by atoms with van der Waals surface area (Å²) in [7, 11) is 0. The van der Waals surface area contributed by atoms with Gasteiger partial charge in [-0.2, -0.15) is 0 Å². The molecule has 0 radical (unpaired) electrons. The lowest BCUT2D eigenvalue weighted by molar-refractivity contribution is 0.603. The van der Waals surface area contributed by atoms with Crippen molar-refractivity contribution in [1.82, 2.24) is 0 Å². The van der Waals surface area contributed by atoms with Gasteiger partial charge in [0.15, 0.2) is 0 Å². The lowest BCUT2D eigenvalue weighted by Crippen LogP contribution is -1.93. The van der Waals surface area contributed by atoms with E-state index < -0.39 is 0 Å². The van der Waals surface area contributed by atoms with Crippen LogP contribution in [0.4, 0.5) is 4.39 Å². The molecule has 5 heteroatoms. The zero-order chi connectivity index (χ0) is 9.68. The van der Waals surface area contributed by atoms with E-state index in [0.717, 1.165) is 0 Å². The van der Waals surface area contributed by atoms with Gasteiger partial charge in [-0.1, -0.05) is 17.2 Å². The molecule has 0 fully saturated rings. The van der Waals surface area contributed by atoms with Crippen molar-refractivity contribution in [3.05, 3.63) is 44.5 Å². The first kappa shape index (κ1) is 10.0. The van der Waals surface area contributed by atoms with Crippen LogP contribution in [-0.4, -0.2) is 6.54 Å². The Kier molecular flexibility index (Phi) is 3.73. The van der Waals surface area contributed by atoms with Gasteiger partial charge in [0.2, 0.25) is 0 Å². The Labute approximate surface area is 83.3 Å². The van der Waals surface area contributed by atoms with Crippen LogP contribution in [0.1, 0.15) is 5.56 Å². The molecule has 0 heterocycles. The number of benzene rings is 1. The maximum absolute atomic E-state index is 13.2. The number of nitrogens with zero attached hydrogens (tertiary/aromatic N) is 3. The van der Waals surface area contributed by atoms with Crippen molar-refractivity contribution in [3.63, 3.8) is 0 Å². The third-order valence-electron chi connectivity index (χ3n) is 1.58. The van der Waals surface area contributed by atoms with E-state index in [2.05, 4.69) is 26.0 Å². The molecule has 0 atom stereocenters. The molecule has 0 bridgehead atoms. The van der Waals surface area contributed by atoms with Gasteiger partial charge < -0.3 is 0 Å². The van der Waals surface area contributed by atoms with E-state index in [1.54, 1.807) is 18.2 Å². The van der Waals surface area contributed by atoms with E-state index in [0.29, 0.717) is 16.5 Å². The van der Waals surface area contributed by atoms with E-state index in [-0.39, 0.29) is 12.4 Å². The smallest absolute Gasteiger partial charge is 0.140 e. The summed E-state index contributed by atoms with van der Waals surface area (Å²) in [4.78, 5) is 2.59. The summed E-state index contributed by atoms with van der Waals surface area (Å²) >= 11 is 3.08. The summed E-state index contributed by atoms with van der Waals surface area (Å²) in [6, 6.07) is 5.05. The fourth-order valence-electron chi connectivity index (χ4n) is 0.957. The van der Waals surface area contributed by atoms with Crippen molar-refractivity contribution < 1.29 is 4.39 Å². The normalized spacial score (nSPS) is 9.38. The quantitative estimate of drug-likeness (QED) is 0.444. The SMILES string of the molecule is [N-]=[N+]=NCCc1cccc(Br)c1F. The molecule has 0 aliphatic heterocycles. The van der Waals surface area contributed by atoms with E-state index in [1.807, 2.05) is 0 Å². The molecule has 1 aromatic rings. The molecular weight excluding hydrogens is 237 g/mol. The minimum atomic E-state index is -0.282. The van der Waals surface area contributed by atoms with Crippen LogP contribution in [0.3, 0.4) is 0 Å². The molecule has 0 aliphatic carbocycles. The summed E-state index contributed by atoms with van der Waals surface area (Å²) in [5, 5.41) is 3.34. The molecule has 0 amide bonds. The van der Waals surface area contributed by atoms with Crippen LogP contribution in [0.25, 0.3) is 10.4 Å². The second-order valence-electron chi connectivity index (χ2n) is 2.42. The maximum atomic E-state index is 13.2. The minimum Gasteiger partial charge on any atom is -0.205 e. The fraction of sp³-hybridized carbons (Fsp3) is 0.250. The Balaban J connectivity index is 2.76. The van der Waals surface area contributed by atoms with E-state index in [4.69, 9.17) is 5.53 Å². The molecule has 0 unspecified atom stereocenters.